The minimum Gasteiger partial charge on any atom is -0.480 e. The zero-order valence-electron chi connectivity index (χ0n) is 14.3. The normalized spacial score (nSPS) is 12.0. The average molecular weight is 364 g/mol. The molecule has 2 N–H and O–H groups in total. The van der Waals surface area contributed by atoms with E-state index >= 15 is 0 Å². The van der Waals surface area contributed by atoms with Gasteiger partial charge in [-0.05, 0) is 18.1 Å². The number of hydrogen-bond acceptors (Lipinski definition) is 3. The van der Waals surface area contributed by atoms with Crippen LogP contribution >= 0.6 is 11.6 Å². The molecule has 0 aliphatic carbocycles. The predicted octanol–water partition coefficient (Wildman–Crippen LogP) is 2.67. The summed E-state index contributed by atoms with van der Waals surface area (Å²) < 4.78 is 1.99. The summed E-state index contributed by atoms with van der Waals surface area (Å²) in [6.07, 6.45) is 3.55. The van der Waals surface area contributed by atoms with Crippen LogP contribution in [0.25, 0.3) is 0 Å². The van der Waals surface area contributed by atoms with E-state index in [0.29, 0.717) is 11.6 Å². The second kappa shape index (κ2) is 8.67. The maximum Gasteiger partial charge on any atom is 0.326 e. The number of carbonyl (C=O) groups is 2. The van der Waals surface area contributed by atoms with Gasteiger partial charge in [0.05, 0.1) is 6.54 Å². The van der Waals surface area contributed by atoms with Gasteiger partial charge in [-0.1, -0.05) is 36.7 Å². The topological polar surface area (TPSA) is 84.2 Å². The Morgan fingerprint density at radius 2 is 2.08 bits per heavy atom. The van der Waals surface area contributed by atoms with E-state index in [0.717, 1.165) is 29.9 Å². The van der Waals surface area contributed by atoms with Crippen molar-refractivity contribution < 1.29 is 14.7 Å². The fraction of sp³-hybridized carbons (Fsp3) is 0.389. The Morgan fingerprint density at radius 1 is 1.36 bits per heavy atom. The molecule has 6 nitrogen and oxygen atoms in total. The number of hydrogen-bond donors (Lipinski definition) is 2. The number of halogens is 1. The van der Waals surface area contributed by atoms with Gasteiger partial charge in [-0.3, -0.25) is 4.79 Å². The molecule has 1 atom stereocenters. The molecule has 0 radical (unpaired) electrons. The molecule has 25 heavy (non-hydrogen) atoms. The number of carboxylic acids is 1. The molecule has 0 saturated heterocycles. The minimum absolute atomic E-state index is 0.163. The highest BCUT2D eigenvalue weighted by atomic mass is 35.5. The Morgan fingerprint density at radius 3 is 2.68 bits per heavy atom. The third-order valence-corrected chi connectivity index (χ3v) is 4.24. The summed E-state index contributed by atoms with van der Waals surface area (Å²) in [6, 6.07) is 6.54. The van der Waals surface area contributed by atoms with Crippen LogP contribution in [-0.2, 0) is 29.0 Å². The number of benzene rings is 1. The van der Waals surface area contributed by atoms with Crippen molar-refractivity contribution in [3.63, 3.8) is 0 Å². The van der Waals surface area contributed by atoms with Crippen molar-refractivity contribution in [3.05, 3.63) is 52.6 Å². The van der Waals surface area contributed by atoms with Crippen LogP contribution < -0.4 is 5.32 Å². The van der Waals surface area contributed by atoms with Crippen LogP contribution in [0.3, 0.4) is 0 Å². The van der Waals surface area contributed by atoms with Gasteiger partial charge in [-0.15, -0.1) is 0 Å². The molecule has 0 aliphatic rings. The lowest BCUT2D eigenvalue weighted by molar-refractivity contribution is -0.141. The molecular formula is C18H22ClN3O3. The Balaban J connectivity index is 2.33. The Hall–Kier alpha value is -2.34. The van der Waals surface area contributed by atoms with Crippen molar-refractivity contribution in [1.29, 1.82) is 0 Å². The van der Waals surface area contributed by atoms with Crippen molar-refractivity contribution in [1.82, 2.24) is 14.9 Å². The standard InChI is InChI=1S/C18H22ClN3O3/c1-3-6-17-20-10-14(9-16(18(24)25)21-12(2)23)22(17)11-13-7-4-5-8-15(13)19/h4-5,7-8,10,16H,3,6,9,11H2,1-2H3,(H,21,23)(H,24,25)/t16-/m0/s1. The van der Waals surface area contributed by atoms with Gasteiger partial charge >= 0.3 is 5.97 Å². The quantitative estimate of drug-likeness (QED) is 0.755. The second-order valence-corrected chi connectivity index (χ2v) is 6.30. The smallest absolute Gasteiger partial charge is 0.326 e. The van der Waals surface area contributed by atoms with E-state index < -0.39 is 12.0 Å². The summed E-state index contributed by atoms with van der Waals surface area (Å²) in [6.45, 7) is 3.88. The number of imidazole rings is 1. The Bertz CT molecular complexity index is 758. The molecular weight excluding hydrogens is 342 g/mol. The van der Waals surface area contributed by atoms with Gasteiger partial charge in [-0.2, -0.15) is 0 Å². The molecule has 1 aromatic heterocycles. The molecule has 0 bridgehead atoms. The molecule has 2 aromatic rings. The highest BCUT2D eigenvalue weighted by Gasteiger charge is 2.22. The number of nitrogens with zero attached hydrogens (tertiary/aromatic N) is 2. The zero-order valence-corrected chi connectivity index (χ0v) is 15.1. The van der Waals surface area contributed by atoms with E-state index in [1.54, 1.807) is 6.20 Å². The second-order valence-electron chi connectivity index (χ2n) is 5.89. The number of nitrogens with one attached hydrogen (secondary N) is 1. The van der Waals surface area contributed by atoms with Crippen LogP contribution in [0.5, 0.6) is 0 Å². The first-order valence-corrected chi connectivity index (χ1v) is 8.56. The van der Waals surface area contributed by atoms with Crippen LogP contribution in [0, 0.1) is 0 Å². The highest BCUT2D eigenvalue weighted by Crippen LogP contribution is 2.19. The first kappa shape index (κ1) is 19.0. The van der Waals surface area contributed by atoms with Gasteiger partial charge in [0.2, 0.25) is 5.91 Å². The summed E-state index contributed by atoms with van der Waals surface area (Å²) in [5.74, 6) is -0.569. The molecule has 0 fully saturated rings. The van der Waals surface area contributed by atoms with Crippen molar-refractivity contribution in [2.45, 2.75) is 45.7 Å². The minimum atomic E-state index is -1.07. The van der Waals surface area contributed by atoms with E-state index in [1.165, 1.54) is 6.92 Å². The van der Waals surface area contributed by atoms with Gasteiger partial charge in [-0.25, -0.2) is 9.78 Å². The van der Waals surface area contributed by atoms with E-state index in [1.807, 2.05) is 28.8 Å². The van der Waals surface area contributed by atoms with Crippen LogP contribution in [0.1, 0.15) is 37.4 Å². The number of aliphatic carboxylic acids is 1. The first-order valence-electron chi connectivity index (χ1n) is 8.19. The van der Waals surface area contributed by atoms with Crippen molar-refractivity contribution >= 4 is 23.5 Å². The lowest BCUT2D eigenvalue weighted by Gasteiger charge is -2.17. The maximum absolute atomic E-state index is 11.4. The number of carboxylic acid groups (broad SMARTS) is 1. The van der Waals surface area contributed by atoms with E-state index in [-0.39, 0.29) is 12.3 Å². The lowest BCUT2D eigenvalue weighted by Crippen LogP contribution is -2.41. The summed E-state index contributed by atoms with van der Waals surface area (Å²) >= 11 is 6.26. The molecule has 1 heterocycles. The number of aryl methyl sites for hydroxylation is 1. The predicted molar refractivity (Wildman–Crippen MR) is 95.7 cm³/mol. The van der Waals surface area contributed by atoms with E-state index in [4.69, 9.17) is 11.6 Å². The average Bonchev–Trinajstić information content (AvgIpc) is 2.91. The lowest BCUT2D eigenvalue weighted by atomic mass is 10.1. The largest absolute Gasteiger partial charge is 0.480 e. The van der Waals surface area contributed by atoms with E-state index in [9.17, 15) is 14.7 Å². The van der Waals surface area contributed by atoms with Gasteiger partial charge < -0.3 is 15.0 Å². The van der Waals surface area contributed by atoms with Crippen LogP contribution in [0.4, 0.5) is 0 Å². The number of rotatable bonds is 8. The van der Waals surface area contributed by atoms with Crippen LogP contribution in [0.2, 0.25) is 5.02 Å². The summed E-state index contributed by atoms with van der Waals surface area (Å²) in [5, 5.41) is 12.5. The van der Waals surface area contributed by atoms with Gasteiger partial charge in [0.15, 0.2) is 0 Å². The summed E-state index contributed by atoms with van der Waals surface area (Å²) in [5.41, 5.74) is 1.69. The van der Waals surface area contributed by atoms with Crippen LogP contribution in [0.15, 0.2) is 30.5 Å². The van der Waals surface area contributed by atoms with Gasteiger partial charge in [0.1, 0.15) is 11.9 Å². The molecule has 7 heteroatoms. The monoisotopic (exact) mass is 363 g/mol. The molecule has 0 saturated carbocycles. The summed E-state index contributed by atoms with van der Waals surface area (Å²) in [4.78, 5) is 27.1. The van der Waals surface area contributed by atoms with Crippen molar-refractivity contribution in [2.24, 2.45) is 0 Å². The molecule has 1 amide bonds. The third-order valence-electron chi connectivity index (χ3n) is 3.87. The SMILES string of the molecule is CCCc1ncc(C[C@H](NC(C)=O)C(=O)O)n1Cc1ccccc1Cl. The fourth-order valence-corrected chi connectivity index (χ4v) is 2.88. The number of carbonyl (C=O) groups excluding carboxylic acids is 1. The van der Waals surface area contributed by atoms with Gasteiger partial charge in [0, 0.05) is 36.7 Å². The number of aromatic nitrogens is 2. The zero-order chi connectivity index (χ0) is 18.4. The molecule has 0 spiro atoms. The molecule has 2 rings (SSSR count). The fourth-order valence-electron chi connectivity index (χ4n) is 2.68. The van der Waals surface area contributed by atoms with Crippen molar-refractivity contribution in [3.8, 4) is 0 Å². The third kappa shape index (κ3) is 5.06. The molecule has 134 valence electrons. The molecule has 1 aromatic carbocycles. The highest BCUT2D eigenvalue weighted by molar-refractivity contribution is 6.31. The van der Waals surface area contributed by atoms with Crippen LogP contribution in [-0.4, -0.2) is 32.6 Å². The number of amides is 1. The van der Waals surface area contributed by atoms with E-state index in [2.05, 4.69) is 17.2 Å². The van der Waals surface area contributed by atoms with Gasteiger partial charge in [0.25, 0.3) is 0 Å². The summed E-state index contributed by atoms with van der Waals surface area (Å²) in [7, 11) is 0. The first-order chi connectivity index (χ1) is 11.9. The Kier molecular flexibility index (Phi) is 6.58. The molecule has 0 aliphatic heterocycles. The maximum atomic E-state index is 11.4. The van der Waals surface area contributed by atoms with Crippen molar-refractivity contribution in [2.75, 3.05) is 0 Å². The molecule has 0 unspecified atom stereocenters. The Labute approximate surface area is 151 Å².